The average molecular weight is 362 g/mol. The number of hydrogen-bond donors (Lipinski definition) is 2. The number of carbonyl (C=O) groups is 3. The Morgan fingerprint density at radius 3 is 2.38 bits per heavy atom. The van der Waals surface area contributed by atoms with E-state index in [0.717, 1.165) is 18.4 Å². The summed E-state index contributed by atoms with van der Waals surface area (Å²) in [5, 5.41) is 9.44. The lowest BCUT2D eigenvalue weighted by Crippen LogP contribution is -2.52. The van der Waals surface area contributed by atoms with Crippen LogP contribution in [0.3, 0.4) is 0 Å². The molecule has 0 aromatic heterocycles. The van der Waals surface area contributed by atoms with Crippen LogP contribution in [-0.2, 0) is 25.6 Å². The number of nitrogens with one attached hydrogen (secondary N) is 1. The normalized spacial score (nSPS) is 20.8. The molecule has 1 aliphatic carbocycles. The van der Waals surface area contributed by atoms with Crippen molar-refractivity contribution in [3.63, 3.8) is 0 Å². The average Bonchev–Trinajstić information content (AvgIpc) is 2.66. The topological polar surface area (TPSA) is 95.9 Å². The monoisotopic (exact) mass is 362 g/mol. The molecule has 3 atom stereocenters. The molecule has 26 heavy (non-hydrogen) atoms. The van der Waals surface area contributed by atoms with Gasteiger partial charge in [-0.3, -0.25) is 19.2 Å². The molecule has 0 aliphatic heterocycles. The molecule has 2 amide bonds. The minimum Gasteiger partial charge on any atom is -0.481 e. The molecule has 0 heterocycles. The number of hydrogen-bond acceptors (Lipinski definition) is 4. The van der Waals surface area contributed by atoms with Crippen LogP contribution >= 0.6 is 0 Å². The number of benzene rings is 1. The lowest BCUT2D eigenvalue weighted by molar-refractivity contribution is -0.154. The smallest absolute Gasteiger partial charge is 0.307 e. The Morgan fingerprint density at radius 2 is 1.81 bits per heavy atom. The first-order valence-corrected chi connectivity index (χ1v) is 8.82. The molecule has 1 unspecified atom stereocenters. The van der Waals surface area contributed by atoms with Crippen molar-refractivity contribution in [2.45, 2.75) is 38.1 Å². The Kier molecular flexibility index (Phi) is 7.15. The van der Waals surface area contributed by atoms with Gasteiger partial charge in [0.05, 0.1) is 18.9 Å². The largest absolute Gasteiger partial charge is 0.481 e. The fourth-order valence-corrected chi connectivity index (χ4v) is 3.55. The summed E-state index contributed by atoms with van der Waals surface area (Å²) in [6.45, 7) is 0. The second kappa shape index (κ2) is 9.33. The highest BCUT2D eigenvalue weighted by atomic mass is 16.6. The van der Waals surface area contributed by atoms with Crippen molar-refractivity contribution in [1.82, 2.24) is 10.4 Å². The van der Waals surface area contributed by atoms with E-state index in [4.69, 9.17) is 4.84 Å². The summed E-state index contributed by atoms with van der Waals surface area (Å²) in [5.41, 5.74) is 3.19. The van der Waals surface area contributed by atoms with Gasteiger partial charge in [0.1, 0.15) is 6.04 Å². The fourth-order valence-electron chi connectivity index (χ4n) is 3.55. The van der Waals surface area contributed by atoms with Crippen molar-refractivity contribution < 1.29 is 24.3 Å². The van der Waals surface area contributed by atoms with Crippen LogP contribution in [0.2, 0.25) is 0 Å². The Labute approximate surface area is 153 Å². The van der Waals surface area contributed by atoms with Crippen LogP contribution in [0, 0.1) is 11.8 Å². The molecule has 1 aromatic carbocycles. The highest BCUT2D eigenvalue weighted by Crippen LogP contribution is 2.32. The molecule has 2 N–H and O–H groups in total. The van der Waals surface area contributed by atoms with E-state index in [-0.39, 0.29) is 5.91 Å². The summed E-state index contributed by atoms with van der Waals surface area (Å²) >= 11 is 0. The number of rotatable bonds is 7. The van der Waals surface area contributed by atoms with Gasteiger partial charge in [-0.15, -0.1) is 0 Å². The number of nitrogens with zero attached hydrogens (tertiary/aromatic N) is 1. The molecule has 1 aliphatic rings. The highest BCUT2D eigenvalue weighted by molar-refractivity contribution is 5.90. The first-order valence-electron chi connectivity index (χ1n) is 8.82. The quantitative estimate of drug-likeness (QED) is 0.719. The third kappa shape index (κ3) is 4.82. The number of hydroxylamine groups is 1. The van der Waals surface area contributed by atoms with Gasteiger partial charge in [0.15, 0.2) is 0 Å². The summed E-state index contributed by atoms with van der Waals surface area (Å²) in [5.74, 6) is -2.97. The zero-order valence-electron chi connectivity index (χ0n) is 15.2. The van der Waals surface area contributed by atoms with Crippen molar-refractivity contribution in [1.29, 1.82) is 0 Å². The Bertz CT molecular complexity index is 634. The summed E-state index contributed by atoms with van der Waals surface area (Å²) in [6, 6.07) is 8.59. The van der Waals surface area contributed by atoms with E-state index >= 15 is 0 Å². The minimum absolute atomic E-state index is 0.302. The number of carboxylic acids is 1. The van der Waals surface area contributed by atoms with Gasteiger partial charge in [0, 0.05) is 13.5 Å². The van der Waals surface area contributed by atoms with Crippen LogP contribution in [-0.4, -0.2) is 48.0 Å². The van der Waals surface area contributed by atoms with Gasteiger partial charge < -0.3 is 10.0 Å². The van der Waals surface area contributed by atoms with Gasteiger partial charge in [-0.1, -0.05) is 43.2 Å². The molecule has 7 nitrogen and oxygen atoms in total. The van der Waals surface area contributed by atoms with Crippen LogP contribution in [0.25, 0.3) is 0 Å². The van der Waals surface area contributed by atoms with E-state index in [1.807, 2.05) is 30.3 Å². The standard InChI is InChI=1S/C19H26N2O5/c1-21(18(23)14-10-6-7-11-15(14)19(24)25)16(17(22)20-26-2)12-13-8-4-3-5-9-13/h3-5,8-9,14-16H,6-7,10-12H2,1-2H3,(H,20,22)(H,24,25)/t14-,15+,16?/m1/s1. The van der Waals surface area contributed by atoms with Gasteiger partial charge in [-0.2, -0.15) is 0 Å². The SMILES string of the molecule is CONC(=O)C(Cc1ccccc1)N(C)C(=O)[C@@H]1CCCC[C@@H]1C(=O)O. The molecular formula is C19H26N2O5. The molecule has 0 radical (unpaired) electrons. The molecule has 0 bridgehead atoms. The number of aliphatic carboxylic acids is 1. The van der Waals surface area contributed by atoms with Gasteiger partial charge in [0.2, 0.25) is 5.91 Å². The summed E-state index contributed by atoms with van der Waals surface area (Å²) in [6.07, 6.45) is 2.98. The van der Waals surface area contributed by atoms with Crippen LogP contribution in [0.1, 0.15) is 31.2 Å². The highest BCUT2D eigenvalue weighted by Gasteiger charge is 2.39. The van der Waals surface area contributed by atoms with E-state index in [1.165, 1.54) is 12.0 Å². The van der Waals surface area contributed by atoms with Crippen molar-refractivity contribution in [3.05, 3.63) is 35.9 Å². The van der Waals surface area contributed by atoms with Gasteiger partial charge in [-0.05, 0) is 18.4 Å². The zero-order valence-corrected chi connectivity index (χ0v) is 15.2. The van der Waals surface area contributed by atoms with Crippen LogP contribution < -0.4 is 5.48 Å². The maximum atomic E-state index is 13.0. The predicted octanol–water partition coefficient (Wildman–Crippen LogP) is 1.62. The second-order valence-corrected chi connectivity index (χ2v) is 6.66. The molecule has 1 saturated carbocycles. The number of amides is 2. The molecule has 7 heteroatoms. The third-order valence-electron chi connectivity index (χ3n) is 4.99. The molecule has 1 fully saturated rings. The van der Waals surface area contributed by atoms with E-state index in [0.29, 0.717) is 19.3 Å². The Hall–Kier alpha value is -2.41. The third-order valence-corrected chi connectivity index (χ3v) is 4.99. The second-order valence-electron chi connectivity index (χ2n) is 6.66. The lowest BCUT2D eigenvalue weighted by atomic mass is 9.78. The van der Waals surface area contributed by atoms with E-state index in [9.17, 15) is 19.5 Å². The van der Waals surface area contributed by atoms with Crippen molar-refractivity contribution in [2.24, 2.45) is 11.8 Å². The van der Waals surface area contributed by atoms with E-state index in [2.05, 4.69) is 5.48 Å². The molecular weight excluding hydrogens is 336 g/mol. The maximum absolute atomic E-state index is 13.0. The maximum Gasteiger partial charge on any atom is 0.307 e. The van der Waals surface area contributed by atoms with Crippen LogP contribution in [0.15, 0.2) is 30.3 Å². The van der Waals surface area contributed by atoms with Crippen LogP contribution in [0.4, 0.5) is 0 Å². The first-order chi connectivity index (χ1) is 12.5. The molecule has 1 aromatic rings. The molecule has 0 spiro atoms. The summed E-state index contributed by atoms with van der Waals surface area (Å²) < 4.78 is 0. The summed E-state index contributed by atoms with van der Waals surface area (Å²) in [4.78, 5) is 43.1. The van der Waals surface area contributed by atoms with Gasteiger partial charge in [-0.25, -0.2) is 5.48 Å². The Morgan fingerprint density at radius 1 is 1.19 bits per heavy atom. The van der Waals surface area contributed by atoms with E-state index in [1.54, 1.807) is 7.05 Å². The number of carbonyl (C=O) groups excluding carboxylic acids is 2. The van der Waals surface area contributed by atoms with Gasteiger partial charge >= 0.3 is 5.97 Å². The van der Waals surface area contributed by atoms with Crippen molar-refractivity contribution in [2.75, 3.05) is 14.2 Å². The van der Waals surface area contributed by atoms with Gasteiger partial charge in [0.25, 0.3) is 5.91 Å². The van der Waals surface area contributed by atoms with Crippen molar-refractivity contribution >= 4 is 17.8 Å². The van der Waals surface area contributed by atoms with Crippen molar-refractivity contribution in [3.8, 4) is 0 Å². The fraction of sp³-hybridized carbons (Fsp3) is 0.526. The Balaban J connectivity index is 2.20. The number of likely N-dealkylation sites (N-methyl/N-ethyl adjacent to an activating group) is 1. The number of carboxylic acid groups (broad SMARTS) is 1. The predicted molar refractivity (Wildman–Crippen MR) is 94.9 cm³/mol. The molecule has 142 valence electrons. The van der Waals surface area contributed by atoms with Crippen LogP contribution in [0.5, 0.6) is 0 Å². The summed E-state index contributed by atoms with van der Waals surface area (Å²) in [7, 11) is 2.89. The first kappa shape index (κ1) is 19.9. The lowest BCUT2D eigenvalue weighted by Gasteiger charge is -2.34. The van der Waals surface area contributed by atoms with E-state index < -0.39 is 29.8 Å². The molecule has 2 rings (SSSR count). The zero-order chi connectivity index (χ0) is 19.1. The minimum atomic E-state index is -0.947. The molecule has 0 saturated heterocycles.